The van der Waals surface area contributed by atoms with Gasteiger partial charge in [-0.05, 0) is 56.3 Å². The normalized spacial score (nSPS) is 22.2. The van der Waals surface area contributed by atoms with E-state index in [9.17, 15) is 0 Å². The SMILES string of the molecule is CCCCCCC[C@H]1CC[C@H]([C@H](CCC)c2ccc(OC)cc2)N1C. The molecule has 1 aromatic rings. The standard InChI is InChI=1S/C23H39NO/c1-5-7-8-9-10-12-20-15-18-23(24(20)3)22(11-6-2)19-13-16-21(25-4)17-14-19/h13-14,16-17,20,22-23H,5-12,15,18H2,1-4H3/t20-,22+,23+/m0/s1. The summed E-state index contributed by atoms with van der Waals surface area (Å²) in [6.07, 6.45) is 13.6. The molecule has 0 N–H and O–H groups in total. The molecule has 0 bridgehead atoms. The number of hydrogen-bond donors (Lipinski definition) is 0. The van der Waals surface area contributed by atoms with E-state index in [2.05, 4.69) is 50.1 Å². The maximum Gasteiger partial charge on any atom is 0.118 e. The van der Waals surface area contributed by atoms with Crippen LogP contribution in [-0.4, -0.2) is 31.1 Å². The third-order valence-corrected chi connectivity index (χ3v) is 6.14. The molecule has 142 valence electrons. The predicted octanol–water partition coefficient (Wildman–Crippen LogP) is 6.40. The Balaban J connectivity index is 1.94. The van der Waals surface area contributed by atoms with Crippen LogP contribution >= 0.6 is 0 Å². The van der Waals surface area contributed by atoms with Crippen molar-refractivity contribution < 1.29 is 4.74 Å². The molecule has 0 aromatic heterocycles. The maximum absolute atomic E-state index is 5.33. The number of ether oxygens (including phenoxy) is 1. The van der Waals surface area contributed by atoms with Gasteiger partial charge in [-0.2, -0.15) is 0 Å². The summed E-state index contributed by atoms with van der Waals surface area (Å²) >= 11 is 0. The zero-order valence-electron chi connectivity index (χ0n) is 17.0. The molecule has 1 aliphatic rings. The van der Waals surface area contributed by atoms with Gasteiger partial charge in [-0.1, -0.05) is 64.5 Å². The molecule has 0 unspecified atom stereocenters. The summed E-state index contributed by atoms with van der Waals surface area (Å²) in [5, 5.41) is 0. The number of methoxy groups -OCH3 is 1. The van der Waals surface area contributed by atoms with Crippen LogP contribution in [0.1, 0.15) is 89.5 Å². The molecule has 3 atom stereocenters. The molecule has 0 radical (unpaired) electrons. The lowest BCUT2D eigenvalue weighted by Gasteiger charge is -2.32. The van der Waals surface area contributed by atoms with Crippen molar-refractivity contribution in [2.75, 3.05) is 14.2 Å². The van der Waals surface area contributed by atoms with Crippen molar-refractivity contribution in [1.82, 2.24) is 4.90 Å². The Hall–Kier alpha value is -1.02. The lowest BCUT2D eigenvalue weighted by atomic mass is 9.86. The number of likely N-dealkylation sites (tertiary alicyclic amines) is 1. The number of hydrogen-bond acceptors (Lipinski definition) is 2. The van der Waals surface area contributed by atoms with Gasteiger partial charge < -0.3 is 4.74 Å². The molecule has 1 saturated heterocycles. The molecular formula is C23H39NO. The van der Waals surface area contributed by atoms with Gasteiger partial charge in [0.05, 0.1) is 7.11 Å². The van der Waals surface area contributed by atoms with E-state index in [1.54, 1.807) is 7.11 Å². The molecule has 1 aromatic carbocycles. The summed E-state index contributed by atoms with van der Waals surface area (Å²) < 4.78 is 5.33. The number of nitrogens with zero attached hydrogens (tertiary/aromatic N) is 1. The van der Waals surface area contributed by atoms with Crippen molar-refractivity contribution in [2.24, 2.45) is 0 Å². The molecule has 1 aliphatic heterocycles. The minimum Gasteiger partial charge on any atom is -0.497 e. The van der Waals surface area contributed by atoms with E-state index in [0.717, 1.165) is 11.8 Å². The average Bonchev–Trinajstić information content (AvgIpc) is 3.00. The summed E-state index contributed by atoms with van der Waals surface area (Å²) in [6, 6.07) is 10.3. The van der Waals surface area contributed by atoms with Crippen LogP contribution in [0.5, 0.6) is 5.75 Å². The van der Waals surface area contributed by atoms with E-state index in [4.69, 9.17) is 4.74 Å². The number of unbranched alkanes of at least 4 members (excludes halogenated alkanes) is 4. The largest absolute Gasteiger partial charge is 0.497 e. The van der Waals surface area contributed by atoms with Gasteiger partial charge >= 0.3 is 0 Å². The monoisotopic (exact) mass is 345 g/mol. The average molecular weight is 346 g/mol. The number of likely N-dealkylation sites (N-methyl/N-ethyl adjacent to an activating group) is 1. The van der Waals surface area contributed by atoms with E-state index in [1.807, 2.05) is 0 Å². The van der Waals surface area contributed by atoms with Gasteiger partial charge in [0, 0.05) is 12.1 Å². The Labute approximate surface area is 156 Å². The van der Waals surface area contributed by atoms with Crippen LogP contribution in [0.15, 0.2) is 24.3 Å². The molecule has 2 nitrogen and oxygen atoms in total. The van der Waals surface area contributed by atoms with Crippen molar-refractivity contribution in [3.8, 4) is 5.75 Å². The fourth-order valence-electron chi connectivity index (χ4n) is 4.60. The predicted molar refractivity (Wildman–Crippen MR) is 109 cm³/mol. The summed E-state index contributed by atoms with van der Waals surface area (Å²) in [7, 11) is 4.12. The molecule has 0 saturated carbocycles. The lowest BCUT2D eigenvalue weighted by molar-refractivity contribution is 0.198. The fraction of sp³-hybridized carbons (Fsp3) is 0.739. The smallest absolute Gasteiger partial charge is 0.118 e. The van der Waals surface area contributed by atoms with Gasteiger partial charge in [0.2, 0.25) is 0 Å². The molecule has 0 amide bonds. The van der Waals surface area contributed by atoms with Crippen molar-refractivity contribution in [2.45, 2.75) is 96.1 Å². The van der Waals surface area contributed by atoms with E-state index in [0.29, 0.717) is 12.0 Å². The van der Waals surface area contributed by atoms with Gasteiger partial charge in [-0.3, -0.25) is 4.90 Å². The second kappa shape index (κ2) is 10.9. The highest BCUT2D eigenvalue weighted by Crippen LogP contribution is 2.38. The summed E-state index contributed by atoms with van der Waals surface area (Å²) in [6.45, 7) is 4.61. The van der Waals surface area contributed by atoms with Crippen LogP contribution in [-0.2, 0) is 0 Å². The zero-order valence-corrected chi connectivity index (χ0v) is 17.0. The summed E-state index contributed by atoms with van der Waals surface area (Å²) in [5.41, 5.74) is 1.49. The molecule has 2 heteroatoms. The Bertz CT molecular complexity index is 469. The van der Waals surface area contributed by atoms with Crippen molar-refractivity contribution >= 4 is 0 Å². The van der Waals surface area contributed by atoms with Crippen molar-refractivity contribution in [1.29, 1.82) is 0 Å². The van der Waals surface area contributed by atoms with E-state index >= 15 is 0 Å². The minimum atomic E-state index is 0.658. The third-order valence-electron chi connectivity index (χ3n) is 6.14. The Kier molecular flexibility index (Phi) is 8.81. The highest BCUT2D eigenvalue weighted by atomic mass is 16.5. The lowest BCUT2D eigenvalue weighted by Crippen LogP contribution is -2.36. The summed E-state index contributed by atoms with van der Waals surface area (Å²) in [4.78, 5) is 2.71. The first-order chi connectivity index (χ1) is 12.2. The second-order valence-corrected chi connectivity index (χ2v) is 7.84. The number of benzene rings is 1. The van der Waals surface area contributed by atoms with Gasteiger partial charge in [0.15, 0.2) is 0 Å². The van der Waals surface area contributed by atoms with E-state index in [1.165, 1.54) is 69.8 Å². The van der Waals surface area contributed by atoms with Crippen LogP contribution in [0.4, 0.5) is 0 Å². The highest BCUT2D eigenvalue weighted by Gasteiger charge is 2.35. The first kappa shape index (κ1) is 20.3. The van der Waals surface area contributed by atoms with Crippen LogP contribution in [0, 0.1) is 0 Å². The minimum absolute atomic E-state index is 0.658. The third kappa shape index (κ3) is 5.74. The highest BCUT2D eigenvalue weighted by molar-refractivity contribution is 5.30. The molecule has 0 aliphatic carbocycles. The van der Waals surface area contributed by atoms with E-state index < -0.39 is 0 Å². The molecule has 25 heavy (non-hydrogen) atoms. The van der Waals surface area contributed by atoms with Crippen molar-refractivity contribution in [3.63, 3.8) is 0 Å². The quantitative estimate of drug-likeness (QED) is 0.430. The topological polar surface area (TPSA) is 12.5 Å². The molecular weight excluding hydrogens is 306 g/mol. The maximum atomic E-state index is 5.33. The molecule has 1 heterocycles. The van der Waals surface area contributed by atoms with Gasteiger partial charge in [0.1, 0.15) is 5.75 Å². The first-order valence-corrected chi connectivity index (χ1v) is 10.6. The van der Waals surface area contributed by atoms with Gasteiger partial charge in [0.25, 0.3) is 0 Å². The van der Waals surface area contributed by atoms with Crippen LogP contribution < -0.4 is 4.74 Å². The molecule has 0 spiro atoms. The summed E-state index contributed by atoms with van der Waals surface area (Å²) in [5.74, 6) is 1.62. The molecule has 1 fully saturated rings. The van der Waals surface area contributed by atoms with Crippen LogP contribution in [0.2, 0.25) is 0 Å². The Morgan fingerprint density at radius 2 is 1.72 bits per heavy atom. The van der Waals surface area contributed by atoms with Gasteiger partial charge in [-0.25, -0.2) is 0 Å². The van der Waals surface area contributed by atoms with Crippen LogP contribution in [0.25, 0.3) is 0 Å². The number of rotatable bonds is 11. The van der Waals surface area contributed by atoms with Crippen molar-refractivity contribution in [3.05, 3.63) is 29.8 Å². The first-order valence-electron chi connectivity index (χ1n) is 10.6. The van der Waals surface area contributed by atoms with Gasteiger partial charge in [-0.15, -0.1) is 0 Å². The van der Waals surface area contributed by atoms with E-state index in [-0.39, 0.29) is 0 Å². The van der Waals surface area contributed by atoms with Crippen LogP contribution in [0.3, 0.4) is 0 Å². The molecule has 2 rings (SSSR count). The Morgan fingerprint density at radius 1 is 1.00 bits per heavy atom. The zero-order chi connectivity index (χ0) is 18.1. The Morgan fingerprint density at radius 3 is 2.36 bits per heavy atom. The fourth-order valence-corrected chi connectivity index (χ4v) is 4.60. The second-order valence-electron chi connectivity index (χ2n) is 7.84.